The van der Waals surface area contributed by atoms with E-state index in [2.05, 4.69) is 4.98 Å². The molecule has 2 aromatic rings. The number of benzene rings is 1. The Morgan fingerprint density at radius 2 is 2.13 bits per heavy atom. The van der Waals surface area contributed by atoms with Gasteiger partial charge in [-0.15, -0.1) is 0 Å². The summed E-state index contributed by atoms with van der Waals surface area (Å²) in [5.74, 6) is 0. The van der Waals surface area contributed by atoms with E-state index in [9.17, 15) is 0 Å². The van der Waals surface area contributed by atoms with E-state index in [0.717, 1.165) is 16.5 Å². The molecule has 0 amide bonds. The molecule has 0 aliphatic carbocycles. The van der Waals surface area contributed by atoms with E-state index in [-0.39, 0.29) is 6.61 Å². The van der Waals surface area contributed by atoms with Gasteiger partial charge in [-0.3, -0.25) is 0 Å². The molecule has 0 bridgehead atoms. The molecule has 80 valence electrons. The van der Waals surface area contributed by atoms with E-state index in [1.54, 1.807) is 0 Å². The fourth-order valence-electron chi connectivity index (χ4n) is 1.91. The summed E-state index contributed by atoms with van der Waals surface area (Å²) in [6.07, 6.45) is 2.50. The van der Waals surface area contributed by atoms with Gasteiger partial charge in [0.15, 0.2) is 0 Å². The van der Waals surface area contributed by atoms with Gasteiger partial charge in [-0.2, -0.15) is 0 Å². The smallest absolute Gasteiger partial charge is 0.0457 e. The average molecular weight is 204 g/mol. The summed E-state index contributed by atoms with van der Waals surface area (Å²) in [5, 5.41) is 10.1. The van der Waals surface area contributed by atoms with Crippen LogP contribution in [0.1, 0.15) is 18.9 Å². The summed E-state index contributed by atoms with van der Waals surface area (Å²) in [4.78, 5) is 3.19. The monoisotopic (exact) mass is 204 g/mol. The molecule has 3 nitrogen and oxygen atoms in total. The quantitative estimate of drug-likeness (QED) is 0.713. The van der Waals surface area contributed by atoms with Crippen LogP contribution in [0.2, 0.25) is 0 Å². The molecule has 0 spiro atoms. The number of H-pyrrole nitrogens is 1. The van der Waals surface area contributed by atoms with Gasteiger partial charge in [0.05, 0.1) is 0 Å². The van der Waals surface area contributed by atoms with E-state index < -0.39 is 5.54 Å². The van der Waals surface area contributed by atoms with Gasteiger partial charge in [-0.1, -0.05) is 18.2 Å². The minimum atomic E-state index is -0.478. The van der Waals surface area contributed by atoms with Crippen molar-refractivity contribution >= 4 is 10.9 Å². The Morgan fingerprint density at radius 1 is 1.40 bits per heavy atom. The molecule has 4 N–H and O–H groups in total. The normalized spacial score (nSPS) is 15.4. The number of nitrogens with two attached hydrogens (primary N) is 1. The molecule has 1 aromatic carbocycles. The van der Waals surface area contributed by atoms with Gasteiger partial charge in [-0.05, 0) is 25.0 Å². The molecule has 0 fully saturated rings. The molecule has 1 aromatic heterocycles. The van der Waals surface area contributed by atoms with Crippen LogP contribution in [0.25, 0.3) is 10.9 Å². The molecule has 3 heteroatoms. The molecule has 0 saturated carbocycles. The van der Waals surface area contributed by atoms with Gasteiger partial charge in [0.1, 0.15) is 0 Å². The Kier molecular flexibility index (Phi) is 2.50. The van der Waals surface area contributed by atoms with E-state index in [4.69, 9.17) is 10.8 Å². The van der Waals surface area contributed by atoms with E-state index >= 15 is 0 Å². The maximum absolute atomic E-state index is 8.98. The van der Waals surface area contributed by atoms with E-state index in [0.29, 0.717) is 6.42 Å². The number of fused-ring (bicyclic) bond motifs is 1. The first-order valence-electron chi connectivity index (χ1n) is 5.11. The molecule has 15 heavy (non-hydrogen) atoms. The van der Waals surface area contributed by atoms with Gasteiger partial charge in [0.25, 0.3) is 0 Å². The lowest BCUT2D eigenvalue weighted by atomic mass is 9.90. The summed E-state index contributed by atoms with van der Waals surface area (Å²) in [5.41, 5.74) is 7.85. The third-order valence-electron chi connectivity index (χ3n) is 2.84. The van der Waals surface area contributed by atoms with Gasteiger partial charge in [0.2, 0.25) is 0 Å². The summed E-state index contributed by atoms with van der Waals surface area (Å²) in [6, 6.07) is 8.05. The van der Waals surface area contributed by atoms with Gasteiger partial charge in [-0.25, -0.2) is 0 Å². The third kappa shape index (κ3) is 1.76. The number of hydrogen-bond donors (Lipinski definition) is 3. The van der Waals surface area contributed by atoms with Crippen LogP contribution >= 0.6 is 0 Å². The molecule has 0 saturated heterocycles. The van der Waals surface area contributed by atoms with E-state index in [1.165, 1.54) is 0 Å². The first-order chi connectivity index (χ1) is 7.15. The van der Waals surface area contributed by atoms with Gasteiger partial charge < -0.3 is 15.8 Å². The van der Waals surface area contributed by atoms with Gasteiger partial charge in [0, 0.05) is 29.2 Å². The predicted octanol–water partition coefficient (Wildman–Crippen LogP) is 1.72. The molecular weight excluding hydrogens is 188 g/mol. The minimum Gasteiger partial charge on any atom is -0.396 e. The molecule has 0 radical (unpaired) electrons. The minimum absolute atomic E-state index is 0.104. The fourth-order valence-corrected chi connectivity index (χ4v) is 1.91. The zero-order chi connectivity index (χ0) is 10.9. The second-order valence-corrected chi connectivity index (χ2v) is 4.14. The molecule has 1 atom stereocenters. The van der Waals surface area contributed by atoms with Crippen molar-refractivity contribution < 1.29 is 5.11 Å². The molecule has 0 aliphatic heterocycles. The van der Waals surface area contributed by atoms with Crippen molar-refractivity contribution in [1.29, 1.82) is 0 Å². The number of aromatic amines is 1. The Labute approximate surface area is 88.9 Å². The Hall–Kier alpha value is -1.32. The Balaban J connectivity index is 2.52. The first kappa shape index (κ1) is 10.2. The summed E-state index contributed by atoms with van der Waals surface area (Å²) < 4.78 is 0. The highest BCUT2D eigenvalue weighted by molar-refractivity contribution is 5.84. The van der Waals surface area contributed by atoms with Crippen molar-refractivity contribution in [2.45, 2.75) is 18.9 Å². The fraction of sp³-hybridized carbons (Fsp3) is 0.333. The number of aliphatic hydroxyl groups is 1. The lowest BCUT2D eigenvalue weighted by molar-refractivity contribution is 0.248. The standard InChI is InChI=1S/C12H16N2O/c1-12(13,6-7-15)10-8-14-11-5-3-2-4-9(10)11/h2-5,8,14-15H,6-7,13H2,1H3. The van der Waals surface area contributed by atoms with Crippen LogP contribution in [-0.4, -0.2) is 16.7 Å². The maximum Gasteiger partial charge on any atom is 0.0457 e. The second-order valence-electron chi connectivity index (χ2n) is 4.14. The van der Waals surface area contributed by atoms with Crippen LogP contribution in [0.5, 0.6) is 0 Å². The number of rotatable bonds is 3. The van der Waals surface area contributed by atoms with Crippen LogP contribution in [0.3, 0.4) is 0 Å². The average Bonchev–Trinajstić information content (AvgIpc) is 2.61. The zero-order valence-electron chi connectivity index (χ0n) is 8.83. The third-order valence-corrected chi connectivity index (χ3v) is 2.84. The van der Waals surface area contributed by atoms with Crippen molar-refractivity contribution in [2.75, 3.05) is 6.61 Å². The van der Waals surface area contributed by atoms with Crippen molar-refractivity contribution in [1.82, 2.24) is 4.98 Å². The van der Waals surface area contributed by atoms with Crippen LogP contribution in [0.4, 0.5) is 0 Å². The van der Waals surface area contributed by atoms with Crippen LogP contribution in [0.15, 0.2) is 30.5 Å². The largest absolute Gasteiger partial charge is 0.396 e. The summed E-state index contributed by atoms with van der Waals surface area (Å²) in [7, 11) is 0. The SMILES string of the molecule is CC(N)(CCO)c1c[nH]c2ccccc12. The first-order valence-corrected chi connectivity index (χ1v) is 5.11. The number of aromatic nitrogens is 1. The topological polar surface area (TPSA) is 62.0 Å². The number of hydrogen-bond acceptors (Lipinski definition) is 2. The van der Waals surface area contributed by atoms with E-state index in [1.807, 2.05) is 37.4 Å². The predicted molar refractivity (Wildman–Crippen MR) is 61.5 cm³/mol. The van der Waals surface area contributed by atoms with Crippen molar-refractivity contribution in [3.05, 3.63) is 36.0 Å². The Morgan fingerprint density at radius 3 is 2.87 bits per heavy atom. The van der Waals surface area contributed by atoms with Crippen LogP contribution < -0.4 is 5.73 Å². The summed E-state index contributed by atoms with van der Waals surface area (Å²) in [6.45, 7) is 2.05. The highest BCUT2D eigenvalue weighted by Crippen LogP contribution is 2.28. The maximum atomic E-state index is 8.98. The molecule has 1 heterocycles. The van der Waals surface area contributed by atoms with Crippen LogP contribution in [-0.2, 0) is 5.54 Å². The lowest BCUT2D eigenvalue weighted by Gasteiger charge is -2.23. The number of aliphatic hydroxyl groups excluding tert-OH is 1. The molecule has 2 rings (SSSR count). The molecule has 1 unspecified atom stereocenters. The van der Waals surface area contributed by atoms with Crippen LogP contribution in [0, 0.1) is 0 Å². The second kappa shape index (κ2) is 3.68. The highest BCUT2D eigenvalue weighted by Gasteiger charge is 2.23. The molecular formula is C12H16N2O. The number of nitrogens with one attached hydrogen (secondary N) is 1. The summed E-state index contributed by atoms with van der Waals surface area (Å²) >= 11 is 0. The zero-order valence-corrected chi connectivity index (χ0v) is 8.83. The highest BCUT2D eigenvalue weighted by atomic mass is 16.3. The number of para-hydroxylation sites is 1. The van der Waals surface area contributed by atoms with Crippen molar-refractivity contribution in [3.63, 3.8) is 0 Å². The van der Waals surface area contributed by atoms with Crippen molar-refractivity contribution in [3.8, 4) is 0 Å². The van der Waals surface area contributed by atoms with Crippen molar-refractivity contribution in [2.24, 2.45) is 5.73 Å². The lowest BCUT2D eigenvalue weighted by Crippen LogP contribution is -2.33. The molecule has 0 aliphatic rings. The van der Waals surface area contributed by atoms with Gasteiger partial charge >= 0.3 is 0 Å². The Bertz CT molecular complexity index is 459.